The minimum atomic E-state index is 0.833. The van der Waals surface area contributed by atoms with Crippen molar-refractivity contribution in [3.8, 4) is 0 Å². The molecule has 0 bridgehead atoms. The van der Waals surface area contributed by atoms with Gasteiger partial charge in [0.2, 0.25) is 7.41 Å². The molecule has 1 aliphatic rings. The number of hydrogen-bond acceptors (Lipinski definition) is 7. The molecule has 5 aromatic heterocycles. The summed E-state index contributed by atoms with van der Waals surface area (Å²) < 4.78 is 0. The lowest BCUT2D eigenvalue weighted by atomic mass is 9.94. The van der Waals surface area contributed by atoms with E-state index in [1.807, 2.05) is 98.4 Å². The molecule has 0 spiro atoms. The summed E-state index contributed by atoms with van der Waals surface area (Å²) in [6.45, 7) is 0.833. The van der Waals surface area contributed by atoms with Crippen molar-refractivity contribution < 1.29 is 4.84 Å². The van der Waals surface area contributed by atoms with E-state index in [9.17, 15) is 0 Å². The quantitative estimate of drug-likeness (QED) is 0.323. The molecule has 35 heavy (non-hydrogen) atoms. The Morgan fingerprint density at radius 1 is 0.400 bits per heavy atom. The average Bonchev–Trinajstić information content (AvgIpc) is 3.60. The zero-order valence-electron chi connectivity index (χ0n) is 19.6. The van der Waals surface area contributed by atoms with Crippen LogP contribution in [-0.4, -0.2) is 38.9 Å². The van der Waals surface area contributed by atoms with Crippen molar-refractivity contribution in [1.82, 2.24) is 30.3 Å². The third kappa shape index (κ3) is 24.2. The molecule has 0 saturated carbocycles. The van der Waals surface area contributed by atoms with Gasteiger partial charge in [0.25, 0.3) is 0 Å². The fourth-order valence-corrected chi connectivity index (χ4v) is 1.86. The summed E-state index contributed by atoms with van der Waals surface area (Å²) in [7, 11) is 1.89. The van der Waals surface area contributed by atoms with Gasteiger partial charge in [-0.3, -0.25) is 30.3 Å². The Hall–Kier alpha value is -4.27. The molecule has 7 nitrogen and oxygen atoms in total. The highest BCUT2D eigenvalue weighted by atomic mass is 16.6. The van der Waals surface area contributed by atoms with Crippen LogP contribution in [0.3, 0.4) is 0 Å². The first-order valence-corrected chi connectivity index (χ1v) is 10.9. The van der Waals surface area contributed by atoms with Gasteiger partial charge in [0.05, 0.1) is 6.61 Å². The first kappa shape index (κ1) is 28.8. The molecule has 1 aliphatic heterocycles. The van der Waals surface area contributed by atoms with Crippen LogP contribution >= 0.6 is 0 Å². The van der Waals surface area contributed by atoms with Crippen molar-refractivity contribution in [3.05, 3.63) is 153 Å². The zero-order valence-corrected chi connectivity index (χ0v) is 19.6. The van der Waals surface area contributed by atoms with E-state index in [0.29, 0.717) is 0 Å². The predicted octanol–water partition coefficient (Wildman–Crippen LogP) is 4.97. The van der Waals surface area contributed by atoms with Crippen molar-refractivity contribution in [1.29, 1.82) is 0 Å². The van der Waals surface area contributed by atoms with E-state index in [1.54, 1.807) is 62.0 Å². The Morgan fingerprint density at radius 3 is 0.714 bits per heavy atom. The summed E-state index contributed by atoms with van der Waals surface area (Å²) in [5, 5.41) is 2.60. The van der Waals surface area contributed by atoms with Crippen molar-refractivity contribution in [2.45, 2.75) is 6.32 Å². The van der Waals surface area contributed by atoms with Gasteiger partial charge in [-0.2, -0.15) is 0 Å². The molecular weight excluding hydrogens is 435 g/mol. The Labute approximate surface area is 208 Å². The van der Waals surface area contributed by atoms with Gasteiger partial charge in [-0.25, -0.2) is 0 Å². The van der Waals surface area contributed by atoms with Crippen LogP contribution in [0.5, 0.6) is 0 Å². The highest BCUT2D eigenvalue weighted by molar-refractivity contribution is 6.32. The van der Waals surface area contributed by atoms with Crippen LogP contribution < -0.4 is 5.39 Å². The summed E-state index contributed by atoms with van der Waals surface area (Å²) in [5.41, 5.74) is 0. The lowest BCUT2D eigenvalue weighted by Gasteiger charge is -1.80. The Bertz CT molecular complexity index is 645. The van der Waals surface area contributed by atoms with Crippen LogP contribution in [0.1, 0.15) is 0 Å². The van der Waals surface area contributed by atoms with E-state index in [0.717, 1.165) is 12.9 Å². The molecule has 0 atom stereocenters. The summed E-state index contributed by atoms with van der Waals surface area (Å²) >= 11 is 0. The molecule has 1 saturated heterocycles. The molecule has 0 amide bonds. The van der Waals surface area contributed by atoms with Crippen molar-refractivity contribution in [2.24, 2.45) is 0 Å². The molecule has 177 valence electrons. The SMILES string of the molecule is [B]1CCON1.c1ccncc1.c1ccncc1.c1ccncc1.c1ccncc1.c1ccncc1. The molecule has 0 aromatic carbocycles. The van der Waals surface area contributed by atoms with E-state index in [4.69, 9.17) is 0 Å². The molecule has 6 rings (SSSR count). The fraction of sp³-hybridized carbons (Fsp3) is 0.0741. The van der Waals surface area contributed by atoms with E-state index < -0.39 is 0 Å². The van der Waals surface area contributed by atoms with Gasteiger partial charge in [0.1, 0.15) is 0 Å². The molecule has 1 N–H and O–H groups in total. The third-order valence-electron chi connectivity index (χ3n) is 3.36. The second-order valence-corrected chi connectivity index (χ2v) is 6.08. The van der Waals surface area contributed by atoms with Crippen molar-refractivity contribution >= 4 is 7.41 Å². The highest BCUT2D eigenvalue weighted by Crippen LogP contribution is 1.82. The minimum absolute atomic E-state index is 0.833. The largest absolute Gasteiger partial charge is 0.315 e. The molecular formula is C27H30BN6O. The average molecular weight is 465 g/mol. The van der Waals surface area contributed by atoms with Gasteiger partial charge < -0.3 is 4.84 Å². The first-order valence-electron chi connectivity index (χ1n) is 10.9. The Balaban J connectivity index is 0.000000210. The number of pyridine rings is 5. The second kappa shape index (κ2) is 26.0. The van der Waals surface area contributed by atoms with Crippen LogP contribution in [-0.2, 0) is 4.84 Å². The first-order chi connectivity index (χ1) is 17.5. The maximum Gasteiger partial charge on any atom is 0.244 e. The van der Waals surface area contributed by atoms with Gasteiger partial charge in [-0.1, -0.05) is 30.3 Å². The number of rotatable bonds is 0. The third-order valence-corrected chi connectivity index (χ3v) is 3.36. The second-order valence-electron chi connectivity index (χ2n) is 6.08. The molecule has 6 heterocycles. The van der Waals surface area contributed by atoms with E-state index in [-0.39, 0.29) is 0 Å². The van der Waals surface area contributed by atoms with Gasteiger partial charge in [0, 0.05) is 62.0 Å². The number of nitrogens with one attached hydrogen (secondary N) is 1. The van der Waals surface area contributed by atoms with Crippen LogP contribution in [0.4, 0.5) is 0 Å². The molecule has 1 fully saturated rings. The van der Waals surface area contributed by atoms with Crippen LogP contribution in [0.2, 0.25) is 6.32 Å². The fourth-order valence-electron chi connectivity index (χ4n) is 1.86. The topological polar surface area (TPSA) is 85.7 Å². The van der Waals surface area contributed by atoms with Crippen LogP contribution in [0.25, 0.3) is 0 Å². The standard InChI is InChI=1S/5C5H5N.C2H5BNO/c5*1-2-4-6-5-3-1;1-2-5-4-3-1/h5*1-5H;4H,1-2H2. The number of aromatic nitrogens is 5. The van der Waals surface area contributed by atoms with Crippen LogP contribution in [0.15, 0.2) is 153 Å². The van der Waals surface area contributed by atoms with E-state index >= 15 is 0 Å². The number of nitrogens with zero attached hydrogens (tertiary/aromatic N) is 5. The summed E-state index contributed by atoms with van der Waals surface area (Å²) in [6, 6.07) is 28.6. The minimum Gasteiger partial charge on any atom is -0.315 e. The molecule has 8 heteroatoms. The van der Waals surface area contributed by atoms with Crippen molar-refractivity contribution in [2.75, 3.05) is 6.61 Å². The molecule has 5 aromatic rings. The van der Waals surface area contributed by atoms with Gasteiger partial charge >= 0.3 is 0 Å². The lowest BCUT2D eigenvalue weighted by molar-refractivity contribution is 0.128. The summed E-state index contributed by atoms with van der Waals surface area (Å²) in [4.78, 5) is 23.6. The molecule has 1 radical (unpaired) electrons. The number of hydrogen-bond donors (Lipinski definition) is 1. The monoisotopic (exact) mass is 465 g/mol. The zero-order chi connectivity index (χ0) is 24.7. The smallest absolute Gasteiger partial charge is 0.244 e. The Morgan fingerprint density at radius 2 is 0.657 bits per heavy atom. The maximum absolute atomic E-state index is 4.64. The van der Waals surface area contributed by atoms with E-state index in [1.165, 1.54) is 0 Å². The predicted molar refractivity (Wildman–Crippen MR) is 141 cm³/mol. The normalized spacial score (nSPS) is 10.1. The van der Waals surface area contributed by atoms with Gasteiger partial charge in [-0.15, -0.1) is 0 Å². The van der Waals surface area contributed by atoms with E-state index in [2.05, 4.69) is 35.1 Å². The molecule has 0 unspecified atom stereocenters. The summed E-state index contributed by atoms with van der Waals surface area (Å²) in [6.07, 6.45) is 18.5. The maximum atomic E-state index is 4.64. The Kier molecular flexibility index (Phi) is 21.4. The summed E-state index contributed by atoms with van der Waals surface area (Å²) in [5.74, 6) is 0. The van der Waals surface area contributed by atoms with Gasteiger partial charge in [0.15, 0.2) is 0 Å². The molecule has 0 aliphatic carbocycles. The highest BCUT2D eigenvalue weighted by Gasteiger charge is 1.96. The van der Waals surface area contributed by atoms with Crippen LogP contribution in [0, 0.1) is 0 Å². The van der Waals surface area contributed by atoms with Gasteiger partial charge in [-0.05, 0) is 67.0 Å². The lowest BCUT2D eigenvalue weighted by Crippen LogP contribution is -2.05. The van der Waals surface area contributed by atoms with Crippen molar-refractivity contribution in [3.63, 3.8) is 0 Å².